The molecule has 28 heavy (non-hydrogen) atoms. The van der Waals surface area contributed by atoms with Crippen LogP contribution >= 0.6 is 0 Å². The van der Waals surface area contributed by atoms with Crippen LogP contribution in [0.3, 0.4) is 0 Å². The Labute approximate surface area is 161 Å². The van der Waals surface area contributed by atoms with E-state index in [0.717, 1.165) is 25.2 Å². The van der Waals surface area contributed by atoms with Gasteiger partial charge in [-0.25, -0.2) is 19.2 Å². The third-order valence-corrected chi connectivity index (χ3v) is 4.79. The summed E-state index contributed by atoms with van der Waals surface area (Å²) in [5.74, 6) is 0.563. The zero-order valence-electron chi connectivity index (χ0n) is 15.1. The lowest BCUT2D eigenvalue weighted by atomic mass is 10.0. The number of halogens is 1. The molecule has 1 fully saturated rings. The zero-order chi connectivity index (χ0) is 19.5. The van der Waals surface area contributed by atoms with Gasteiger partial charge in [0, 0.05) is 11.9 Å². The van der Waals surface area contributed by atoms with E-state index in [1.807, 2.05) is 12.1 Å². The molecule has 3 N–H and O–H groups in total. The maximum Gasteiger partial charge on any atom is 0.410 e. The summed E-state index contributed by atoms with van der Waals surface area (Å²) in [5.41, 5.74) is 6.45. The van der Waals surface area contributed by atoms with Gasteiger partial charge in [0.15, 0.2) is 5.75 Å². The molecule has 1 aliphatic heterocycles. The number of nitrogens with one attached hydrogen (secondary N) is 1. The number of para-hydroxylation sites is 1. The second-order valence-corrected chi connectivity index (χ2v) is 6.70. The van der Waals surface area contributed by atoms with Gasteiger partial charge < -0.3 is 20.7 Å². The van der Waals surface area contributed by atoms with Crippen molar-refractivity contribution in [2.24, 2.45) is 5.73 Å². The first-order valence-electron chi connectivity index (χ1n) is 9.05. The lowest BCUT2D eigenvalue weighted by molar-refractivity contribution is 0.174. The van der Waals surface area contributed by atoms with Gasteiger partial charge in [0.05, 0.1) is 6.04 Å². The third kappa shape index (κ3) is 3.86. The number of carbonyl (C=O) groups is 1. The summed E-state index contributed by atoms with van der Waals surface area (Å²) >= 11 is 0. The summed E-state index contributed by atoms with van der Waals surface area (Å²) in [6.45, 7) is 2.77. The van der Waals surface area contributed by atoms with Crippen molar-refractivity contribution in [3.05, 3.63) is 60.2 Å². The van der Waals surface area contributed by atoms with Crippen LogP contribution in [0, 0.1) is 5.82 Å². The second kappa shape index (κ2) is 7.77. The Hall–Kier alpha value is -3.26. The maximum absolute atomic E-state index is 13.8. The van der Waals surface area contributed by atoms with Crippen LogP contribution in [0.25, 0.3) is 10.9 Å². The highest BCUT2D eigenvalue weighted by atomic mass is 19.1. The fourth-order valence-electron chi connectivity index (χ4n) is 3.31. The van der Waals surface area contributed by atoms with Gasteiger partial charge in [0.1, 0.15) is 23.5 Å². The molecule has 4 rings (SSSR count). The number of nitrogens with zero attached hydrogens (tertiary/aromatic N) is 3. The van der Waals surface area contributed by atoms with Gasteiger partial charge in [-0.05, 0) is 49.3 Å². The van der Waals surface area contributed by atoms with Gasteiger partial charge >= 0.3 is 6.09 Å². The van der Waals surface area contributed by atoms with E-state index in [2.05, 4.69) is 20.2 Å². The van der Waals surface area contributed by atoms with Gasteiger partial charge in [0.25, 0.3) is 0 Å². The van der Waals surface area contributed by atoms with Crippen LogP contribution in [0.5, 0.6) is 5.75 Å². The molecule has 1 amide bonds. The minimum absolute atomic E-state index is 0.158. The number of ether oxygens (including phenoxy) is 1. The van der Waals surface area contributed by atoms with Crippen molar-refractivity contribution in [3.8, 4) is 5.75 Å². The lowest BCUT2D eigenvalue weighted by Gasteiger charge is -2.34. The molecule has 8 heteroatoms. The number of benzene rings is 2. The molecule has 0 aliphatic carbocycles. The van der Waals surface area contributed by atoms with Crippen LogP contribution in [-0.2, 0) is 0 Å². The molecular formula is C20H20FN5O2. The second-order valence-electron chi connectivity index (χ2n) is 6.70. The number of hydrogen-bond acceptors (Lipinski definition) is 6. The first-order valence-corrected chi connectivity index (χ1v) is 9.05. The number of amides is 1. The highest BCUT2D eigenvalue weighted by molar-refractivity contribution is 5.94. The molecule has 0 saturated carbocycles. The van der Waals surface area contributed by atoms with E-state index < -0.39 is 6.09 Å². The molecule has 0 unspecified atom stereocenters. The molecule has 144 valence electrons. The van der Waals surface area contributed by atoms with Crippen LogP contribution in [0.2, 0.25) is 0 Å². The average molecular weight is 381 g/mol. The first kappa shape index (κ1) is 18.1. The quantitative estimate of drug-likeness (QED) is 0.682. The van der Waals surface area contributed by atoms with Crippen LogP contribution < -0.4 is 15.8 Å². The van der Waals surface area contributed by atoms with Crippen molar-refractivity contribution in [2.75, 3.05) is 25.0 Å². The van der Waals surface area contributed by atoms with E-state index in [4.69, 9.17) is 10.5 Å². The normalized spacial score (nSPS) is 15.0. The highest BCUT2D eigenvalue weighted by Crippen LogP contribution is 2.30. The van der Waals surface area contributed by atoms with E-state index in [-0.39, 0.29) is 17.6 Å². The van der Waals surface area contributed by atoms with Gasteiger partial charge in [-0.2, -0.15) is 0 Å². The van der Waals surface area contributed by atoms with Crippen molar-refractivity contribution in [3.63, 3.8) is 0 Å². The number of nitrogens with two attached hydrogens (primary N) is 1. The molecule has 0 radical (unpaired) electrons. The molecule has 3 aromatic rings. The highest BCUT2D eigenvalue weighted by Gasteiger charge is 2.22. The summed E-state index contributed by atoms with van der Waals surface area (Å²) in [7, 11) is 0. The molecule has 0 bridgehead atoms. The Morgan fingerprint density at radius 1 is 1.25 bits per heavy atom. The largest absolute Gasteiger partial charge is 0.410 e. The standard InChI is InChI=1S/C20H20FN5O2/c21-14-5-1-4-13(10-14)16(11-26-8-3-9-26)25-19-15-6-2-7-17(28-20(22)27)18(15)23-12-24-19/h1-2,4-7,10,12,16H,3,8-9,11H2,(H2,22,27)(H,23,24,25)/t16-/m1/s1. The summed E-state index contributed by atoms with van der Waals surface area (Å²) in [6, 6.07) is 11.6. The number of fused-ring (bicyclic) bond motifs is 1. The smallest absolute Gasteiger partial charge is 0.408 e. The molecule has 2 heterocycles. The van der Waals surface area contributed by atoms with E-state index in [9.17, 15) is 9.18 Å². The Morgan fingerprint density at radius 3 is 2.79 bits per heavy atom. The van der Waals surface area contributed by atoms with E-state index >= 15 is 0 Å². The molecular weight excluding hydrogens is 361 g/mol. The molecule has 1 aliphatic rings. The summed E-state index contributed by atoms with van der Waals surface area (Å²) in [5, 5.41) is 4.10. The lowest BCUT2D eigenvalue weighted by Crippen LogP contribution is -2.41. The molecule has 7 nitrogen and oxygen atoms in total. The Balaban J connectivity index is 1.69. The van der Waals surface area contributed by atoms with Crippen molar-refractivity contribution in [2.45, 2.75) is 12.5 Å². The Bertz CT molecular complexity index is 1010. The SMILES string of the molecule is NC(=O)Oc1cccc2c(N[C@H](CN3CCC3)c3cccc(F)c3)ncnc12. The predicted molar refractivity (Wildman–Crippen MR) is 104 cm³/mol. The Morgan fingerprint density at radius 2 is 2.07 bits per heavy atom. The van der Waals surface area contributed by atoms with Gasteiger partial charge in [-0.1, -0.05) is 18.2 Å². The van der Waals surface area contributed by atoms with Crippen molar-refractivity contribution in [1.29, 1.82) is 0 Å². The van der Waals surface area contributed by atoms with Crippen molar-refractivity contribution >= 4 is 22.8 Å². The number of rotatable bonds is 6. The fraction of sp³-hybridized carbons (Fsp3) is 0.250. The van der Waals surface area contributed by atoms with Gasteiger partial charge in [0.2, 0.25) is 0 Å². The first-order chi connectivity index (χ1) is 13.6. The fourth-order valence-corrected chi connectivity index (χ4v) is 3.31. The van der Waals surface area contributed by atoms with Gasteiger partial charge in [-0.3, -0.25) is 0 Å². The van der Waals surface area contributed by atoms with Crippen molar-refractivity contribution < 1.29 is 13.9 Å². The number of carbonyl (C=O) groups excluding carboxylic acids is 1. The summed E-state index contributed by atoms with van der Waals surface area (Å²) < 4.78 is 18.8. The number of hydrogen-bond donors (Lipinski definition) is 2. The number of likely N-dealkylation sites (tertiary alicyclic amines) is 1. The van der Waals surface area contributed by atoms with Crippen LogP contribution in [0.1, 0.15) is 18.0 Å². The molecule has 2 aromatic carbocycles. The number of primary amides is 1. The summed E-state index contributed by atoms with van der Waals surface area (Å²) in [4.78, 5) is 22.0. The third-order valence-electron chi connectivity index (χ3n) is 4.79. The number of aromatic nitrogens is 2. The minimum Gasteiger partial charge on any atom is -0.408 e. The van der Waals surface area contributed by atoms with E-state index in [1.54, 1.807) is 18.2 Å². The van der Waals surface area contributed by atoms with Gasteiger partial charge in [-0.15, -0.1) is 0 Å². The maximum atomic E-state index is 13.8. The molecule has 1 atom stereocenters. The summed E-state index contributed by atoms with van der Waals surface area (Å²) in [6.07, 6.45) is 1.65. The van der Waals surface area contributed by atoms with E-state index in [0.29, 0.717) is 16.7 Å². The van der Waals surface area contributed by atoms with E-state index in [1.165, 1.54) is 24.9 Å². The van der Waals surface area contributed by atoms with Crippen LogP contribution in [0.4, 0.5) is 15.0 Å². The molecule has 1 saturated heterocycles. The predicted octanol–water partition coefficient (Wildman–Crippen LogP) is 3.09. The molecule has 1 aromatic heterocycles. The average Bonchev–Trinajstić information content (AvgIpc) is 2.63. The molecule has 0 spiro atoms. The van der Waals surface area contributed by atoms with Crippen LogP contribution in [-0.4, -0.2) is 40.6 Å². The van der Waals surface area contributed by atoms with Crippen LogP contribution in [0.15, 0.2) is 48.8 Å². The Kier molecular flexibility index (Phi) is 5.03. The monoisotopic (exact) mass is 381 g/mol. The minimum atomic E-state index is -0.906. The topological polar surface area (TPSA) is 93.4 Å². The number of anilines is 1. The van der Waals surface area contributed by atoms with Crippen molar-refractivity contribution in [1.82, 2.24) is 14.9 Å². The zero-order valence-corrected chi connectivity index (χ0v) is 15.1.